The molecule has 1 fully saturated rings. The van der Waals surface area contributed by atoms with Crippen molar-refractivity contribution in [3.63, 3.8) is 0 Å². The van der Waals surface area contributed by atoms with Crippen LogP contribution in [0.4, 0.5) is 0 Å². The van der Waals surface area contributed by atoms with Crippen molar-refractivity contribution in [2.45, 2.75) is 39.2 Å². The standard InChI is InChI=1S/C13H21N3OS.2ClH/c1-3-8-16(11-4-6-14-7-5-11)13(17)12-10(2)15-9-18-12;;/h9,11,14H,3-8H2,1-2H3;2*1H. The Morgan fingerprint density at radius 3 is 2.60 bits per heavy atom. The lowest BCUT2D eigenvalue weighted by molar-refractivity contribution is 0.0646. The molecule has 0 aromatic carbocycles. The van der Waals surface area contributed by atoms with Gasteiger partial charge >= 0.3 is 0 Å². The second kappa shape index (κ2) is 9.55. The first kappa shape index (κ1) is 19.6. The maximum Gasteiger partial charge on any atom is 0.266 e. The third-order valence-electron chi connectivity index (χ3n) is 3.41. The van der Waals surface area contributed by atoms with Crippen molar-refractivity contribution >= 4 is 42.1 Å². The van der Waals surface area contributed by atoms with Crippen LogP contribution in [-0.4, -0.2) is 41.5 Å². The van der Waals surface area contributed by atoms with Crippen molar-refractivity contribution in [3.8, 4) is 0 Å². The summed E-state index contributed by atoms with van der Waals surface area (Å²) in [5.41, 5.74) is 2.62. The molecular formula is C13H23Cl2N3OS. The van der Waals surface area contributed by atoms with Crippen LogP contribution in [-0.2, 0) is 0 Å². The molecule has 0 radical (unpaired) electrons. The Kier molecular flexibility index (Phi) is 9.38. The number of carbonyl (C=O) groups excluding carboxylic acids is 1. The van der Waals surface area contributed by atoms with Gasteiger partial charge in [0.1, 0.15) is 4.88 Å². The molecule has 0 aliphatic carbocycles. The van der Waals surface area contributed by atoms with E-state index in [1.165, 1.54) is 11.3 Å². The molecule has 0 bridgehead atoms. The molecule has 0 atom stereocenters. The molecule has 1 N–H and O–H groups in total. The average Bonchev–Trinajstić information content (AvgIpc) is 2.82. The van der Waals surface area contributed by atoms with E-state index in [9.17, 15) is 4.79 Å². The van der Waals surface area contributed by atoms with Crippen LogP contribution in [0.5, 0.6) is 0 Å². The minimum absolute atomic E-state index is 0. The summed E-state index contributed by atoms with van der Waals surface area (Å²) in [5, 5.41) is 3.35. The highest BCUT2D eigenvalue weighted by Crippen LogP contribution is 2.20. The summed E-state index contributed by atoms with van der Waals surface area (Å²) in [6.07, 6.45) is 3.13. The molecule has 0 saturated carbocycles. The molecule has 2 heterocycles. The number of aryl methyl sites for hydroxylation is 1. The number of hydrogen-bond donors (Lipinski definition) is 1. The smallest absolute Gasteiger partial charge is 0.266 e. The maximum absolute atomic E-state index is 12.6. The number of thiazole rings is 1. The zero-order chi connectivity index (χ0) is 13.0. The van der Waals surface area contributed by atoms with Gasteiger partial charge in [-0.05, 0) is 39.3 Å². The minimum Gasteiger partial charge on any atom is -0.335 e. The van der Waals surface area contributed by atoms with Gasteiger partial charge in [-0.1, -0.05) is 6.92 Å². The molecule has 20 heavy (non-hydrogen) atoms. The number of nitrogens with one attached hydrogen (secondary N) is 1. The molecule has 116 valence electrons. The highest BCUT2D eigenvalue weighted by Gasteiger charge is 2.27. The van der Waals surface area contributed by atoms with Gasteiger partial charge in [-0.15, -0.1) is 36.2 Å². The van der Waals surface area contributed by atoms with E-state index in [2.05, 4.69) is 22.1 Å². The van der Waals surface area contributed by atoms with E-state index in [1.54, 1.807) is 5.51 Å². The van der Waals surface area contributed by atoms with Gasteiger partial charge in [0.15, 0.2) is 0 Å². The first-order chi connectivity index (χ1) is 8.74. The summed E-state index contributed by atoms with van der Waals surface area (Å²) in [6.45, 7) is 6.91. The number of piperidine rings is 1. The Labute approximate surface area is 137 Å². The first-order valence-electron chi connectivity index (χ1n) is 6.65. The van der Waals surface area contributed by atoms with Crippen LogP contribution in [0, 0.1) is 6.92 Å². The highest BCUT2D eigenvalue weighted by molar-refractivity contribution is 7.11. The van der Waals surface area contributed by atoms with E-state index >= 15 is 0 Å². The Morgan fingerprint density at radius 2 is 2.10 bits per heavy atom. The van der Waals surface area contributed by atoms with Crippen molar-refractivity contribution in [2.24, 2.45) is 0 Å². The summed E-state index contributed by atoms with van der Waals surface area (Å²) in [5.74, 6) is 0.170. The predicted octanol–water partition coefficient (Wildman–Crippen LogP) is 2.90. The van der Waals surface area contributed by atoms with Crippen molar-refractivity contribution < 1.29 is 4.79 Å². The van der Waals surface area contributed by atoms with Crippen molar-refractivity contribution in [2.75, 3.05) is 19.6 Å². The van der Waals surface area contributed by atoms with Gasteiger partial charge in [0, 0.05) is 12.6 Å². The van der Waals surface area contributed by atoms with Gasteiger partial charge in [-0.3, -0.25) is 4.79 Å². The van der Waals surface area contributed by atoms with Crippen LogP contribution < -0.4 is 5.32 Å². The first-order valence-corrected chi connectivity index (χ1v) is 7.53. The molecule has 4 nitrogen and oxygen atoms in total. The fourth-order valence-electron chi connectivity index (χ4n) is 2.45. The largest absolute Gasteiger partial charge is 0.335 e. The van der Waals surface area contributed by atoms with E-state index in [-0.39, 0.29) is 30.7 Å². The van der Waals surface area contributed by atoms with Crippen LogP contribution in [0.3, 0.4) is 0 Å². The van der Waals surface area contributed by atoms with Gasteiger partial charge in [0.05, 0.1) is 11.2 Å². The lowest BCUT2D eigenvalue weighted by Gasteiger charge is -2.34. The van der Waals surface area contributed by atoms with E-state index in [4.69, 9.17) is 0 Å². The molecule has 1 aliphatic heterocycles. The zero-order valence-corrected chi connectivity index (χ0v) is 14.4. The summed E-state index contributed by atoms with van der Waals surface area (Å²) in [6, 6.07) is 0.389. The van der Waals surface area contributed by atoms with Crippen LogP contribution >= 0.6 is 36.2 Å². The Bertz CT molecular complexity index is 408. The van der Waals surface area contributed by atoms with Crippen molar-refractivity contribution in [1.82, 2.24) is 15.2 Å². The van der Waals surface area contributed by atoms with Gasteiger partial charge < -0.3 is 10.2 Å². The Hall–Kier alpha value is -0.360. The lowest BCUT2D eigenvalue weighted by Crippen LogP contribution is -2.46. The zero-order valence-electron chi connectivity index (χ0n) is 11.9. The van der Waals surface area contributed by atoms with Crippen LogP contribution in [0.2, 0.25) is 0 Å². The Balaban J connectivity index is 0.00000180. The van der Waals surface area contributed by atoms with Gasteiger partial charge in [-0.2, -0.15) is 0 Å². The SMILES string of the molecule is CCCN(C(=O)c1scnc1C)C1CCNCC1.Cl.Cl. The van der Waals surface area contributed by atoms with Gasteiger partial charge in [0.25, 0.3) is 5.91 Å². The quantitative estimate of drug-likeness (QED) is 0.917. The second-order valence-electron chi connectivity index (χ2n) is 4.75. The Morgan fingerprint density at radius 1 is 1.45 bits per heavy atom. The molecular weight excluding hydrogens is 317 g/mol. The third kappa shape index (κ3) is 4.58. The molecule has 2 rings (SSSR count). The molecule has 7 heteroatoms. The molecule has 1 amide bonds. The summed E-state index contributed by atoms with van der Waals surface area (Å²) >= 11 is 1.46. The van der Waals surface area contributed by atoms with Gasteiger partial charge in [-0.25, -0.2) is 4.98 Å². The monoisotopic (exact) mass is 339 g/mol. The normalized spacial score (nSPS) is 15.1. The number of nitrogens with zero attached hydrogens (tertiary/aromatic N) is 2. The van der Waals surface area contributed by atoms with E-state index < -0.39 is 0 Å². The minimum atomic E-state index is 0. The van der Waals surface area contributed by atoms with Crippen LogP contribution in [0.25, 0.3) is 0 Å². The fourth-order valence-corrected chi connectivity index (χ4v) is 3.20. The highest BCUT2D eigenvalue weighted by atomic mass is 35.5. The molecule has 0 unspecified atom stereocenters. The van der Waals surface area contributed by atoms with E-state index in [0.717, 1.165) is 49.5 Å². The predicted molar refractivity (Wildman–Crippen MR) is 88.6 cm³/mol. The number of aromatic nitrogens is 1. The number of halogens is 2. The summed E-state index contributed by atoms with van der Waals surface area (Å²) in [4.78, 5) is 19.6. The van der Waals surface area contributed by atoms with Crippen molar-refractivity contribution in [3.05, 3.63) is 16.1 Å². The molecule has 1 aliphatic rings. The van der Waals surface area contributed by atoms with E-state index in [0.29, 0.717) is 6.04 Å². The molecule has 1 aromatic heterocycles. The average molecular weight is 340 g/mol. The summed E-state index contributed by atoms with van der Waals surface area (Å²) in [7, 11) is 0. The molecule has 1 saturated heterocycles. The lowest BCUT2D eigenvalue weighted by atomic mass is 10.0. The third-order valence-corrected chi connectivity index (χ3v) is 4.33. The molecule has 1 aromatic rings. The number of amides is 1. The number of hydrogen-bond acceptors (Lipinski definition) is 4. The van der Waals surface area contributed by atoms with Crippen LogP contribution in [0.15, 0.2) is 5.51 Å². The van der Waals surface area contributed by atoms with Crippen LogP contribution in [0.1, 0.15) is 41.6 Å². The summed E-state index contributed by atoms with van der Waals surface area (Å²) < 4.78 is 0. The number of carbonyl (C=O) groups is 1. The molecule has 0 spiro atoms. The van der Waals surface area contributed by atoms with Gasteiger partial charge in [0.2, 0.25) is 0 Å². The van der Waals surface area contributed by atoms with Crippen molar-refractivity contribution in [1.29, 1.82) is 0 Å². The second-order valence-corrected chi connectivity index (χ2v) is 5.60. The number of rotatable bonds is 4. The fraction of sp³-hybridized carbons (Fsp3) is 0.692. The topological polar surface area (TPSA) is 45.2 Å². The maximum atomic E-state index is 12.6. The van der Waals surface area contributed by atoms with E-state index in [1.807, 2.05) is 6.92 Å².